The molecule has 1 spiro atoms. The van der Waals surface area contributed by atoms with Gasteiger partial charge in [-0.2, -0.15) is 0 Å². The summed E-state index contributed by atoms with van der Waals surface area (Å²) < 4.78 is 19.3. The van der Waals surface area contributed by atoms with Gasteiger partial charge in [-0.1, -0.05) is 72.8 Å². The van der Waals surface area contributed by atoms with Gasteiger partial charge in [-0.25, -0.2) is 0 Å². The van der Waals surface area contributed by atoms with Gasteiger partial charge in [-0.05, 0) is 56.1 Å². The summed E-state index contributed by atoms with van der Waals surface area (Å²) in [5.74, 6) is -1.44. The Morgan fingerprint density at radius 3 is 2.28 bits per heavy atom. The monoisotopic (exact) mass is 723 g/mol. The van der Waals surface area contributed by atoms with E-state index in [1.54, 1.807) is 36.4 Å². The molecule has 2 bridgehead atoms. The smallest absolute Gasteiger partial charge is 0.312 e. The van der Waals surface area contributed by atoms with Crippen molar-refractivity contribution in [2.24, 2.45) is 0 Å². The van der Waals surface area contributed by atoms with Crippen LogP contribution in [0.15, 0.2) is 84.6 Å². The lowest BCUT2D eigenvalue weighted by Gasteiger charge is -2.62. The third-order valence-corrected chi connectivity index (χ3v) is 11.4. The first-order valence-corrected chi connectivity index (χ1v) is 18.2. The molecule has 2 aliphatic heterocycles. The fourth-order valence-corrected chi connectivity index (χ4v) is 8.74. The molecule has 2 aliphatic carbocycles. The number of likely N-dealkylation sites (tertiary alicyclic amines) is 1. The topological polar surface area (TPSA) is 164 Å². The number of carbonyl (C=O) groups excluding carboxylic acids is 4. The average Bonchev–Trinajstić information content (AvgIpc) is 3.53. The van der Waals surface area contributed by atoms with Gasteiger partial charge in [0.05, 0.1) is 36.8 Å². The number of hydrogen-bond acceptors (Lipinski definition) is 10. The van der Waals surface area contributed by atoms with Crippen molar-refractivity contribution in [1.29, 1.82) is 0 Å². The molecule has 0 aromatic heterocycles. The van der Waals surface area contributed by atoms with Crippen LogP contribution < -0.4 is 15.4 Å². The van der Waals surface area contributed by atoms with Gasteiger partial charge in [0.2, 0.25) is 5.91 Å². The van der Waals surface area contributed by atoms with Crippen LogP contribution in [0.2, 0.25) is 0 Å². The van der Waals surface area contributed by atoms with Gasteiger partial charge in [-0.3, -0.25) is 24.1 Å². The Balaban J connectivity index is 1.10. The summed E-state index contributed by atoms with van der Waals surface area (Å²) in [7, 11) is 2.00. The SMILES string of the molecule is C[C@H](C(=O)NCCC(=O)OC1=CC[C@@]2(OC(=O)CCNC(=O)[C@@H](O)c3ccccc3)[C@H]3Cc4ccc(CO)c5c4[C@@]2(CCN3C)[C@H]1O5)c1ccccc1. The molecule has 2 amide bonds. The number of benzene rings is 3. The zero-order chi connectivity index (χ0) is 37.3. The van der Waals surface area contributed by atoms with Crippen LogP contribution in [0.4, 0.5) is 0 Å². The van der Waals surface area contributed by atoms with Crippen molar-refractivity contribution in [3.8, 4) is 5.75 Å². The van der Waals surface area contributed by atoms with Gasteiger partial charge in [0.1, 0.15) is 17.1 Å². The number of nitrogens with one attached hydrogen (secondary N) is 2. The second-order valence-electron chi connectivity index (χ2n) is 14.3. The first kappa shape index (κ1) is 36.3. The Morgan fingerprint density at radius 2 is 1.58 bits per heavy atom. The van der Waals surface area contributed by atoms with Gasteiger partial charge >= 0.3 is 11.9 Å². The molecule has 4 aliphatic rings. The standard InChI is InChI=1S/C41H45N3O9/c1-25(26-9-5-3-6-10-26)38(49)42-20-16-32(46)51-30-15-18-41(53-33(47)17-21-43-39(50)35(48)27-11-7-4-8-12-27)31-23-28-13-14-29(24-45)36-34(28)40(41,37(30)52-36)19-22-44(31)2/h3-15,25,31,35,37,45,48H,16-24H2,1-2H3,(H,42,49)(H,43,50)/t25-,31+,35-,37-,40-,41+/m0/s1. The maximum Gasteiger partial charge on any atom is 0.312 e. The molecule has 7 rings (SSSR count). The predicted octanol–water partition coefficient (Wildman–Crippen LogP) is 3.10. The highest BCUT2D eigenvalue weighted by Crippen LogP contribution is 2.65. The molecule has 53 heavy (non-hydrogen) atoms. The number of aliphatic hydroxyl groups excluding tert-OH is 2. The molecule has 0 radical (unpaired) electrons. The summed E-state index contributed by atoms with van der Waals surface area (Å²) in [6.45, 7) is 2.25. The number of ether oxygens (including phenoxy) is 3. The Hall–Kier alpha value is -5.04. The molecule has 12 nitrogen and oxygen atoms in total. The van der Waals surface area contributed by atoms with Crippen LogP contribution >= 0.6 is 0 Å². The van der Waals surface area contributed by atoms with Gasteiger partial charge in [0.15, 0.2) is 12.2 Å². The van der Waals surface area contributed by atoms with Gasteiger partial charge < -0.3 is 35.1 Å². The van der Waals surface area contributed by atoms with Gasteiger partial charge in [0.25, 0.3) is 5.91 Å². The van der Waals surface area contributed by atoms with E-state index in [2.05, 4.69) is 15.5 Å². The number of carbonyl (C=O) groups is 4. The number of piperidine rings is 1. The van der Waals surface area contributed by atoms with Crippen LogP contribution in [0.25, 0.3) is 0 Å². The zero-order valence-electron chi connectivity index (χ0n) is 29.9. The number of rotatable bonds is 13. The van der Waals surface area contributed by atoms with E-state index < -0.39 is 41.1 Å². The summed E-state index contributed by atoms with van der Waals surface area (Å²) in [4.78, 5) is 54.7. The molecular weight excluding hydrogens is 678 g/mol. The number of esters is 2. The first-order chi connectivity index (χ1) is 25.6. The zero-order valence-corrected chi connectivity index (χ0v) is 29.9. The molecule has 2 heterocycles. The summed E-state index contributed by atoms with van der Waals surface area (Å²) >= 11 is 0. The van der Waals surface area contributed by atoms with Crippen LogP contribution in [-0.2, 0) is 47.1 Å². The first-order valence-electron chi connectivity index (χ1n) is 18.2. The summed E-state index contributed by atoms with van der Waals surface area (Å²) in [6, 6.07) is 21.5. The van der Waals surface area contributed by atoms with E-state index in [4.69, 9.17) is 14.2 Å². The van der Waals surface area contributed by atoms with E-state index in [1.165, 1.54) is 0 Å². The Morgan fingerprint density at radius 1 is 0.925 bits per heavy atom. The third kappa shape index (κ3) is 6.38. The van der Waals surface area contributed by atoms with Crippen molar-refractivity contribution >= 4 is 23.8 Å². The molecule has 3 aromatic rings. The number of aliphatic hydroxyl groups is 2. The highest BCUT2D eigenvalue weighted by atomic mass is 16.6. The van der Waals surface area contributed by atoms with Crippen LogP contribution in [0.1, 0.15) is 72.4 Å². The molecule has 278 valence electrons. The van der Waals surface area contributed by atoms with E-state index in [0.717, 1.165) is 16.7 Å². The Labute approximate surface area is 308 Å². The van der Waals surface area contributed by atoms with Crippen molar-refractivity contribution in [3.63, 3.8) is 0 Å². The quantitative estimate of drug-likeness (QED) is 0.193. The second kappa shape index (κ2) is 14.8. The summed E-state index contributed by atoms with van der Waals surface area (Å²) in [5.41, 5.74) is 1.76. The van der Waals surface area contributed by atoms with Crippen LogP contribution in [-0.4, -0.2) is 83.3 Å². The third-order valence-electron chi connectivity index (χ3n) is 11.4. The molecule has 12 heteroatoms. The van der Waals surface area contributed by atoms with Crippen molar-refractivity contribution in [2.75, 3.05) is 26.7 Å². The fraction of sp³-hybridized carbons (Fsp3) is 0.415. The highest BCUT2D eigenvalue weighted by Gasteiger charge is 2.74. The number of likely N-dealkylation sites (N-methyl/N-ethyl adjacent to an activating group) is 1. The highest BCUT2D eigenvalue weighted by molar-refractivity contribution is 5.84. The fourth-order valence-electron chi connectivity index (χ4n) is 8.74. The second-order valence-corrected chi connectivity index (χ2v) is 14.3. The lowest BCUT2D eigenvalue weighted by molar-refractivity contribution is -0.206. The van der Waals surface area contributed by atoms with Gasteiger partial charge in [0, 0.05) is 30.6 Å². The van der Waals surface area contributed by atoms with Crippen molar-refractivity contribution in [2.45, 2.75) is 80.8 Å². The van der Waals surface area contributed by atoms with Crippen LogP contribution in [0.3, 0.4) is 0 Å². The molecule has 3 aromatic carbocycles. The van der Waals surface area contributed by atoms with E-state index in [1.807, 2.05) is 56.4 Å². The average molecular weight is 724 g/mol. The van der Waals surface area contributed by atoms with E-state index in [-0.39, 0.29) is 56.8 Å². The maximum absolute atomic E-state index is 13.8. The van der Waals surface area contributed by atoms with Crippen molar-refractivity contribution < 1.29 is 43.6 Å². The minimum atomic E-state index is -1.37. The molecule has 1 saturated heterocycles. The van der Waals surface area contributed by atoms with Crippen LogP contribution in [0, 0.1) is 0 Å². The lowest BCUT2D eigenvalue weighted by atomic mass is 9.50. The largest absolute Gasteiger partial charge is 0.481 e. The molecule has 4 N–H and O–H groups in total. The Bertz CT molecular complexity index is 1920. The van der Waals surface area contributed by atoms with Gasteiger partial charge in [-0.15, -0.1) is 0 Å². The summed E-state index contributed by atoms with van der Waals surface area (Å²) in [6.07, 6.45) is 0.701. The molecule has 6 atom stereocenters. The molecular formula is C41H45N3O9. The normalized spacial score (nSPS) is 24.8. The minimum absolute atomic E-state index is 0.0407. The molecule has 0 saturated carbocycles. The van der Waals surface area contributed by atoms with E-state index >= 15 is 0 Å². The van der Waals surface area contributed by atoms with E-state index in [0.29, 0.717) is 42.0 Å². The lowest BCUT2D eigenvalue weighted by Crippen LogP contribution is -2.75. The van der Waals surface area contributed by atoms with Crippen LogP contribution in [0.5, 0.6) is 5.75 Å². The number of nitrogens with zero attached hydrogens (tertiary/aromatic N) is 1. The Kier molecular flexibility index (Phi) is 10.1. The predicted molar refractivity (Wildman–Crippen MR) is 192 cm³/mol. The number of hydrogen-bond donors (Lipinski definition) is 4. The van der Waals surface area contributed by atoms with E-state index in [9.17, 15) is 29.4 Å². The van der Waals surface area contributed by atoms with Crippen molar-refractivity contribution in [3.05, 3.63) is 112 Å². The number of amides is 2. The molecule has 1 fully saturated rings. The summed E-state index contributed by atoms with van der Waals surface area (Å²) in [5, 5.41) is 26.3. The molecule has 0 unspecified atom stereocenters. The minimum Gasteiger partial charge on any atom is -0.481 e. The van der Waals surface area contributed by atoms with Crippen molar-refractivity contribution in [1.82, 2.24) is 15.5 Å². The maximum atomic E-state index is 13.8.